The van der Waals surface area contributed by atoms with E-state index in [2.05, 4.69) is 34.6 Å². The Labute approximate surface area is 72.4 Å². The van der Waals surface area contributed by atoms with Gasteiger partial charge in [-0.3, -0.25) is 4.99 Å². The molecule has 12 heavy (non-hydrogen) atoms. The van der Waals surface area contributed by atoms with Gasteiger partial charge < -0.3 is 5.32 Å². The minimum atomic E-state index is 0.350. The van der Waals surface area contributed by atoms with Gasteiger partial charge in [0.05, 0.1) is 12.5 Å². The molecule has 1 heterocycles. The van der Waals surface area contributed by atoms with Gasteiger partial charge in [0.25, 0.3) is 0 Å². The summed E-state index contributed by atoms with van der Waals surface area (Å²) in [5.74, 6) is 1.45. The Balaban J connectivity index is 2.13. The average molecular weight is 160 g/mol. The monoisotopic (exact) mass is 160 g/mol. The summed E-state index contributed by atoms with van der Waals surface area (Å²) in [7, 11) is 0. The van der Waals surface area contributed by atoms with Crippen molar-refractivity contribution in [3.63, 3.8) is 0 Å². The molecule has 0 fully saturated rings. The molecular formula is C10H12N2. The van der Waals surface area contributed by atoms with E-state index in [1.807, 2.05) is 12.2 Å². The number of aliphatic imine (C=N–C) groups is 1. The van der Waals surface area contributed by atoms with Crippen molar-refractivity contribution in [1.29, 1.82) is 0 Å². The molecule has 2 nitrogen and oxygen atoms in total. The Bertz CT molecular complexity index is 256. The number of rotatable bonds is 1. The SMILES string of the molecule is C1=CC=CC(C2=NCCN2)C=C1. The molecule has 1 aliphatic carbocycles. The highest BCUT2D eigenvalue weighted by molar-refractivity contribution is 5.89. The van der Waals surface area contributed by atoms with Gasteiger partial charge in [0.2, 0.25) is 0 Å². The molecule has 0 saturated heterocycles. The summed E-state index contributed by atoms with van der Waals surface area (Å²) in [6.45, 7) is 1.90. The number of nitrogens with one attached hydrogen (secondary N) is 1. The van der Waals surface area contributed by atoms with Crippen molar-refractivity contribution in [3.05, 3.63) is 36.5 Å². The Morgan fingerprint density at radius 3 is 2.50 bits per heavy atom. The molecule has 0 radical (unpaired) electrons. The lowest BCUT2D eigenvalue weighted by atomic mass is 10.1. The zero-order chi connectivity index (χ0) is 8.23. The Morgan fingerprint density at radius 1 is 1.17 bits per heavy atom. The third kappa shape index (κ3) is 1.47. The van der Waals surface area contributed by atoms with Gasteiger partial charge in [0, 0.05) is 6.54 Å². The lowest BCUT2D eigenvalue weighted by Gasteiger charge is -2.06. The fourth-order valence-electron chi connectivity index (χ4n) is 1.38. The van der Waals surface area contributed by atoms with E-state index < -0.39 is 0 Å². The van der Waals surface area contributed by atoms with Crippen molar-refractivity contribution in [2.24, 2.45) is 10.9 Å². The summed E-state index contributed by atoms with van der Waals surface area (Å²) in [6, 6.07) is 0. The van der Waals surface area contributed by atoms with Crippen molar-refractivity contribution < 1.29 is 0 Å². The normalized spacial score (nSPS) is 22.2. The molecule has 2 heteroatoms. The Kier molecular flexibility index (Phi) is 2.08. The molecule has 0 aromatic rings. The number of hydrogen-bond donors (Lipinski definition) is 1. The molecule has 0 saturated carbocycles. The van der Waals surface area contributed by atoms with Crippen LogP contribution in [0.15, 0.2) is 41.4 Å². The predicted octanol–water partition coefficient (Wildman–Crippen LogP) is 1.29. The van der Waals surface area contributed by atoms with Crippen molar-refractivity contribution >= 4 is 5.84 Å². The van der Waals surface area contributed by atoms with Crippen LogP contribution in [0.25, 0.3) is 0 Å². The summed E-state index contributed by atoms with van der Waals surface area (Å²) < 4.78 is 0. The average Bonchev–Trinajstić information content (AvgIpc) is 2.48. The van der Waals surface area contributed by atoms with Gasteiger partial charge in [-0.2, -0.15) is 0 Å². The largest absolute Gasteiger partial charge is 0.371 e. The van der Waals surface area contributed by atoms with E-state index in [0.717, 1.165) is 18.9 Å². The highest BCUT2D eigenvalue weighted by Gasteiger charge is 2.12. The maximum absolute atomic E-state index is 4.38. The van der Waals surface area contributed by atoms with Crippen LogP contribution in [-0.4, -0.2) is 18.9 Å². The smallest absolute Gasteiger partial charge is 0.107 e. The number of hydrogen-bond acceptors (Lipinski definition) is 2. The molecule has 0 bridgehead atoms. The second kappa shape index (κ2) is 3.39. The van der Waals surface area contributed by atoms with Crippen molar-refractivity contribution in [2.45, 2.75) is 0 Å². The van der Waals surface area contributed by atoms with E-state index in [4.69, 9.17) is 0 Å². The van der Waals surface area contributed by atoms with Crippen molar-refractivity contribution in [1.82, 2.24) is 5.32 Å². The maximum atomic E-state index is 4.38. The standard InChI is InChI=1S/C10H12N2/c1-2-4-6-9(5-3-1)10-11-7-8-12-10/h1-6,9H,7-8H2,(H,11,12). The molecule has 2 rings (SSSR count). The van der Waals surface area contributed by atoms with E-state index in [0.29, 0.717) is 5.92 Å². The maximum Gasteiger partial charge on any atom is 0.107 e. The molecule has 1 N–H and O–H groups in total. The van der Waals surface area contributed by atoms with E-state index in [-0.39, 0.29) is 0 Å². The van der Waals surface area contributed by atoms with Crippen LogP contribution in [0.3, 0.4) is 0 Å². The minimum Gasteiger partial charge on any atom is -0.371 e. The van der Waals surface area contributed by atoms with Crippen LogP contribution in [0.2, 0.25) is 0 Å². The third-order valence-corrected chi connectivity index (χ3v) is 1.99. The van der Waals surface area contributed by atoms with Crippen LogP contribution in [0, 0.1) is 5.92 Å². The first-order valence-electron chi connectivity index (χ1n) is 4.27. The summed E-state index contributed by atoms with van der Waals surface area (Å²) in [4.78, 5) is 4.38. The molecule has 1 aliphatic heterocycles. The van der Waals surface area contributed by atoms with E-state index in [1.54, 1.807) is 0 Å². The highest BCUT2D eigenvalue weighted by atomic mass is 15.1. The third-order valence-electron chi connectivity index (χ3n) is 1.99. The Morgan fingerprint density at radius 2 is 1.92 bits per heavy atom. The Hall–Kier alpha value is -1.31. The van der Waals surface area contributed by atoms with Gasteiger partial charge in [-0.25, -0.2) is 0 Å². The van der Waals surface area contributed by atoms with Gasteiger partial charge in [-0.1, -0.05) is 36.5 Å². The molecule has 0 aromatic carbocycles. The molecule has 0 amide bonds. The topological polar surface area (TPSA) is 24.4 Å². The van der Waals surface area contributed by atoms with Crippen molar-refractivity contribution in [2.75, 3.05) is 13.1 Å². The van der Waals surface area contributed by atoms with E-state index >= 15 is 0 Å². The lowest BCUT2D eigenvalue weighted by Crippen LogP contribution is -2.24. The molecule has 0 aromatic heterocycles. The highest BCUT2D eigenvalue weighted by Crippen LogP contribution is 2.08. The molecule has 0 spiro atoms. The molecule has 0 atom stereocenters. The predicted molar refractivity (Wildman–Crippen MR) is 51.2 cm³/mol. The summed E-state index contributed by atoms with van der Waals surface area (Å²) in [5, 5.41) is 3.27. The summed E-state index contributed by atoms with van der Waals surface area (Å²) in [6.07, 6.45) is 12.5. The van der Waals surface area contributed by atoms with Crippen LogP contribution >= 0.6 is 0 Å². The van der Waals surface area contributed by atoms with E-state index in [9.17, 15) is 0 Å². The number of amidine groups is 1. The van der Waals surface area contributed by atoms with Crippen LogP contribution in [-0.2, 0) is 0 Å². The lowest BCUT2D eigenvalue weighted by molar-refractivity contribution is 0.938. The number of nitrogens with zero attached hydrogens (tertiary/aromatic N) is 1. The van der Waals surface area contributed by atoms with Gasteiger partial charge in [-0.05, 0) is 0 Å². The first-order chi connectivity index (χ1) is 5.97. The fourth-order valence-corrected chi connectivity index (χ4v) is 1.38. The second-order valence-corrected chi connectivity index (χ2v) is 2.87. The summed E-state index contributed by atoms with van der Waals surface area (Å²) >= 11 is 0. The van der Waals surface area contributed by atoms with Crippen LogP contribution in [0.1, 0.15) is 0 Å². The zero-order valence-electron chi connectivity index (χ0n) is 6.90. The first-order valence-corrected chi connectivity index (χ1v) is 4.27. The fraction of sp³-hybridized carbons (Fsp3) is 0.300. The molecule has 0 unspecified atom stereocenters. The van der Waals surface area contributed by atoms with Crippen molar-refractivity contribution in [3.8, 4) is 0 Å². The second-order valence-electron chi connectivity index (χ2n) is 2.87. The quantitative estimate of drug-likeness (QED) is 0.614. The van der Waals surface area contributed by atoms with Gasteiger partial charge >= 0.3 is 0 Å². The van der Waals surface area contributed by atoms with Crippen LogP contribution in [0.4, 0.5) is 0 Å². The van der Waals surface area contributed by atoms with Crippen LogP contribution in [0.5, 0.6) is 0 Å². The zero-order valence-corrected chi connectivity index (χ0v) is 6.90. The first kappa shape index (κ1) is 7.35. The van der Waals surface area contributed by atoms with Crippen LogP contribution < -0.4 is 5.32 Å². The van der Waals surface area contributed by atoms with Gasteiger partial charge in [0.1, 0.15) is 5.84 Å². The minimum absolute atomic E-state index is 0.350. The molecular weight excluding hydrogens is 148 g/mol. The molecule has 62 valence electrons. The summed E-state index contributed by atoms with van der Waals surface area (Å²) in [5.41, 5.74) is 0. The molecule has 2 aliphatic rings. The van der Waals surface area contributed by atoms with Gasteiger partial charge in [-0.15, -0.1) is 0 Å². The number of allylic oxidation sites excluding steroid dienone is 4. The van der Waals surface area contributed by atoms with Gasteiger partial charge in [0.15, 0.2) is 0 Å². The van der Waals surface area contributed by atoms with E-state index in [1.165, 1.54) is 0 Å².